The molecule has 1 aliphatic heterocycles. The van der Waals surface area contributed by atoms with Gasteiger partial charge in [-0.1, -0.05) is 27.2 Å². The van der Waals surface area contributed by atoms with Gasteiger partial charge < -0.3 is 0 Å². The molecule has 14 heavy (non-hydrogen) atoms. The number of hydrogen-bond acceptors (Lipinski definition) is 2. The van der Waals surface area contributed by atoms with Gasteiger partial charge in [-0.05, 0) is 35.8 Å². The van der Waals surface area contributed by atoms with E-state index in [1.807, 2.05) is 0 Å². The molecular weight excluding hydrogens is 172 g/mol. The van der Waals surface area contributed by atoms with Gasteiger partial charge in [0, 0.05) is 0 Å². The molecule has 0 aromatic rings. The van der Waals surface area contributed by atoms with E-state index in [2.05, 4.69) is 31.0 Å². The van der Waals surface area contributed by atoms with Crippen molar-refractivity contribution in [1.82, 2.24) is 0 Å². The summed E-state index contributed by atoms with van der Waals surface area (Å²) in [6.07, 6.45) is 5.15. The van der Waals surface area contributed by atoms with Crippen molar-refractivity contribution in [3.8, 4) is 0 Å². The zero-order valence-electron chi connectivity index (χ0n) is 9.51. The van der Waals surface area contributed by atoms with Crippen LogP contribution in [-0.4, -0.2) is 12.6 Å². The average Bonchev–Trinajstić information content (AvgIpc) is 2.15. The molecule has 0 amide bonds. The monoisotopic (exact) mass is 192 g/mol. The van der Waals surface area contributed by atoms with Crippen molar-refractivity contribution in [3.63, 3.8) is 0 Å². The predicted octanol–water partition coefficient (Wildman–Crippen LogP) is 3.74. The van der Waals surface area contributed by atoms with Crippen LogP contribution in [0.25, 0.3) is 0 Å². The van der Waals surface area contributed by atoms with Crippen LogP contribution in [0.3, 0.4) is 0 Å². The van der Waals surface area contributed by atoms with E-state index in [4.69, 9.17) is 0 Å². The van der Waals surface area contributed by atoms with Gasteiger partial charge in [-0.3, -0.25) is 0 Å². The first-order valence-electron chi connectivity index (χ1n) is 5.68. The smallest absolute Gasteiger partial charge is 0.0921 e. The molecule has 0 radical (unpaired) electrons. The van der Waals surface area contributed by atoms with Crippen molar-refractivity contribution < 1.29 is 0 Å². The van der Waals surface area contributed by atoms with Crippen LogP contribution in [0.4, 0.5) is 0 Å². The van der Waals surface area contributed by atoms with E-state index in [9.17, 15) is 0 Å². The maximum Gasteiger partial charge on any atom is 0.0921 e. The minimum atomic E-state index is 0.282. The van der Waals surface area contributed by atoms with Gasteiger partial charge in [0.1, 0.15) is 0 Å². The van der Waals surface area contributed by atoms with E-state index >= 15 is 0 Å². The summed E-state index contributed by atoms with van der Waals surface area (Å²) in [7, 11) is 0. The summed E-state index contributed by atoms with van der Waals surface area (Å²) in [4.78, 5) is 0. The fraction of sp³-hybridized carbons (Fsp3) is 0.833. The molecule has 1 atom stereocenters. The fourth-order valence-corrected chi connectivity index (χ4v) is 2.50. The van der Waals surface area contributed by atoms with E-state index in [1.165, 1.54) is 25.7 Å². The normalized spacial score (nSPS) is 27.8. The molecule has 2 heteroatoms. The van der Waals surface area contributed by atoms with E-state index < -0.39 is 0 Å². The van der Waals surface area contributed by atoms with Crippen molar-refractivity contribution in [2.24, 2.45) is 15.6 Å². The molecule has 2 rings (SSSR count). The number of azo groups is 1. The summed E-state index contributed by atoms with van der Waals surface area (Å²) in [5, 5.41) is 8.66. The second kappa shape index (κ2) is 3.48. The first kappa shape index (κ1) is 9.88. The molecule has 1 unspecified atom stereocenters. The summed E-state index contributed by atoms with van der Waals surface area (Å²) >= 11 is 0. The number of fused-ring (bicyclic) bond motifs is 1. The summed E-state index contributed by atoms with van der Waals surface area (Å²) in [5.41, 5.74) is 3.45. The van der Waals surface area contributed by atoms with Crippen molar-refractivity contribution in [2.45, 2.75) is 52.5 Å². The molecule has 0 aromatic heterocycles. The Morgan fingerprint density at radius 3 is 2.71 bits per heavy atom. The second-order valence-electron chi connectivity index (χ2n) is 5.43. The van der Waals surface area contributed by atoms with Crippen LogP contribution >= 0.6 is 0 Å². The Labute approximate surface area is 86.5 Å². The molecule has 78 valence electrons. The van der Waals surface area contributed by atoms with Crippen LogP contribution in [-0.2, 0) is 0 Å². The third-order valence-electron chi connectivity index (χ3n) is 3.32. The highest BCUT2D eigenvalue weighted by Gasteiger charge is 2.29. The molecule has 1 saturated carbocycles. The maximum absolute atomic E-state index is 4.38. The molecule has 1 fully saturated rings. The molecule has 2 aliphatic rings. The molecule has 1 heterocycles. The van der Waals surface area contributed by atoms with Crippen molar-refractivity contribution >= 4 is 0 Å². The van der Waals surface area contributed by atoms with Crippen molar-refractivity contribution in [2.75, 3.05) is 6.54 Å². The Hall–Kier alpha value is -0.660. The average molecular weight is 192 g/mol. The van der Waals surface area contributed by atoms with Gasteiger partial charge in [-0.15, -0.1) is 0 Å². The maximum atomic E-state index is 4.38. The fourth-order valence-electron chi connectivity index (χ4n) is 2.50. The highest BCUT2D eigenvalue weighted by molar-refractivity contribution is 5.28. The summed E-state index contributed by atoms with van der Waals surface area (Å²) in [6, 6.07) is 0.437. The van der Waals surface area contributed by atoms with Gasteiger partial charge in [0.05, 0.1) is 12.6 Å². The van der Waals surface area contributed by atoms with E-state index in [-0.39, 0.29) is 5.41 Å². The zero-order valence-corrected chi connectivity index (χ0v) is 9.51. The summed E-state index contributed by atoms with van der Waals surface area (Å²) in [6.45, 7) is 7.72. The minimum absolute atomic E-state index is 0.282. The molecular formula is C12H20N2. The molecule has 0 aromatic carbocycles. The van der Waals surface area contributed by atoms with Crippen LogP contribution < -0.4 is 0 Å². The third-order valence-corrected chi connectivity index (χ3v) is 3.32. The summed E-state index contributed by atoms with van der Waals surface area (Å²) < 4.78 is 0. The van der Waals surface area contributed by atoms with Gasteiger partial charge in [0.25, 0.3) is 0 Å². The number of hydrogen-bond donors (Lipinski definition) is 0. The van der Waals surface area contributed by atoms with Gasteiger partial charge >= 0.3 is 0 Å². The van der Waals surface area contributed by atoms with E-state index in [0.29, 0.717) is 6.04 Å². The first-order valence-corrected chi connectivity index (χ1v) is 5.68. The SMILES string of the molecule is CC(C)(C)C1=C2CCCCC2N=NC1. The standard InChI is InChI=1S/C12H20N2/c1-12(2,3)10-8-13-14-11-7-5-4-6-9(10)11/h11H,4-8H2,1-3H3. The zero-order chi connectivity index (χ0) is 10.2. The Kier molecular flexibility index (Phi) is 2.46. The van der Waals surface area contributed by atoms with Crippen LogP contribution in [0.15, 0.2) is 21.4 Å². The highest BCUT2D eigenvalue weighted by Crippen LogP contribution is 2.38. The topological polar surface area (TPSA) is 24.7 Å². The molecule has 0 bridgehead atoms. The van der Waals surface area contributed by atoms with Gasteiger partial charge in [-0.2, -0.15) is 10.2 Å². The Morgan fingerprint density at radius 1 is 1.21 bits per heavy atom. The second-order valence-corrected chi connectivity index (χ2v) is 5.43. The minimum Gasteiger partial charge on any atom is -0.189 e. The lowest BCUT2D eigenvalue weighted by molar-refractivity contribution is 0.431. The third kappa shape index (κ3) is 1.75. The Morgan fingerprint density at radius 2 is 2.00 bits per heavy atom. The lowest BCUT2D eigenvalue weighted by atomic mass is 9.76. The first-order chi connectivity index (χ1) is 6.59. The Bertz CT molecular complexity index is 281. The molecule has 0 spiro atoms. The molecule has 1 aliphatic carbocycles. The predicted molar refractivity (Wildman–Crippen MR) is 58.5 cm³/mol. The van der Waals surface area contributed by atoms with Crippen LogP contribution in [0, 0.1) is 5.41 Å². The number of rotatable bonds is 0. The van der Waals surface area contributed by atoms with Gasteiger partial charge in [-0.25, -0.2) is 0 Å². The van der Waals surface area contributed by atoms with Crippen molar-refractivity contribution in [1.29, 1.82) is 0 Å². The van der Waals surface area contributed by atoms with Gasteiger partial charge in [0.2, 0.25) is 0 Å². The van der Waals surface area contributed by atoms with E-state index in [1.54, 1.807) is 11.1 Å². The molecule has 2 nitrogen and oxygen atoms in total. The highest BCUT2D eigenvalue weighted by atomic mass is 15.1. The van der Waals surface area contributed by atoms with E-state index in [0.717, 1.165) is 6.54 Å². The largest absolute Gasteiger partial charge is 0.189 e. The van der Waals surface area contributed by atoms with Crippen molar-refractivity contribution in [3.05, 3.63) is 11.1 Å². The van der Waals surface area contributed by atoms with Crippen LogP contribution in [0.2, 0.25) is 0 Å². The lowest BCUT2D eigenvalue weighted by Gasteiger charge is -2.33. The quantitative estimate of drug-likeness (QED) is 0.522. The number of nitrogens with zero attached hydrogens (tertiary/aromatic N) is 2. The lowest BCUT2D eigenvalue weighted by Crippen LogP contribution is -2.25. The molecule has 0 saturated heterocycles. The molecule has 0 N–H and O–H groups in total. The Balaban J connectivity index is 2.32. The van der Waals surface area contributed by atoms with Crippen LogP contribution in [0.1, 0.15) is 46.5 Å². The van der Waals surface area contributed by atoms with Crippen LogP contribution in [0.5, 0.6) is 0 Å². The summed E-state index contributed by atoms with van der Waals surface area (Å²) in [5.74, 6) is 0. The van der Waals surface area contributed by atoms with Gasteiger partial charge in [0.15, 0.2) is 0 Å².